The minimum Gasteiger partial charge on any atom is -0.398 e. The zero-order valence-corrected chi connectivity index (χ0v) is 18.7. The molecule has 0 saturated carbocycles. The van der Waals surface area contributed by atoms with Gasteiger partial charge in [0.25, 0.3) is 5.56 Å². The van der Waals surface area contributed by atoms with Crippen LogP contribution in [0.3, 0.4) is 0 Å². The van der Waals surface area contributed by atoms with Crippen LogP contribution >= 0.6 is 11.6 Å². The Labute approximate surface area is 188 Å². The van der Waals surface area contributed by atoms with Gasteiger partial charge in [0.15, 0.2) is 5.82 Å². The van der Waals surface area contributed by atoms with Crippen molar-refractivity contribution in [3.63, 3.8) is 0 Å². The van der Waals surface area contributed by atoms with E-state index in [1.807, 2.05) is 0 Å². The Hall–Kier alpha value is -3.00. The van der Waals surface area contributed by atoms with Gasteiger partial charge in [0, 0.05) is 60.2 Å². The fourth-order valence-electron chi connectivity index (χ4n) is 4.56. The van der Waals surface area contributed by atoms with Gasteiger partial charge in [0.05, 0.1) is 11.7 Å². The van der Waals surface area contributed by atoms with Crippen LogP contribution in [0.1, 0.15) is 41.9 Å². The molecule has 32 heavy (non-hydrogen) atoms. The van der Waals surface area contributed by atoms with Crippen molar-refractivity contribution < 1.29 is 13.6 Å². The van der Waals surface area contributed by atoms with Crippen LogP contribution in [-0.4, -0.2) is 33.4 Å². The molecule has 4 rings (SSSR count). The van der Waals surface area contributed by atoms with E-state index in [4.69, 9.17) is 17.3 Å². The minimum absolute atomic E-state index is 0.0598. The predicted octanol–water partition coefficient (Wildman–Crippen LogP) is 3.88. The number of hydrogen-bond donors (Lipinski definition) is 1. The molecule has 2 N–H and O–H groups in total. The lowest BCUT2D eigenvalue weighted by Crippen LogP contribution is -2.28. The number of fused-ring (bicyclic) bond motifs is 1. The molecule has 0 radical (unpaired) electrons. The van der Waals surface area contributed by atoms with E-state index in [1.54, 1.807) is 24.8 Å². The molecule has 0 aliphatic carbocycles. The number of hydrogen-bond acceptors (Lipinski definition) is 4. The first-order valence-electron chi connectivity index (χ1n) is 10.3. The van der Waals surface area contributed by atoms with Gasteiger partial charge in [-0.25, -0.2) is 13.8 Å². The third-order valence-electron chi connectivity index (χ3n) is 6.26. The van der Waals surface area contributed by atoms with Crippen molar-refractivity contribution in [1.29, 1.82) is 0 Å². The molecular weight excluding hydrogens is 438 g/mol. The SMILES string of the molecule is CCC(=O)N1CC(c2c(N)cc3c(=O)n(C)cnc3c2F)[C@H](c2c(F)ccc(C)c2Cl)C1. The van der Waals surface area contributed by atoms with Crippen molar-refractivity contribution in [2.45, 2.75) is 32.1 Å². The van der Waals surface area contributed by atoms with Gasteiger partial charge in [-0.1, -0.05) is 24.6 Å². The number of carbonyl (C=O) groups excluding carboxylic acids is 1. The first-order chi connectivity index (χ1) is 15.1. The number of nitrogen functional groups attached to an aromatic ring is 1. The number of nitrogens with zero attached hydrogens (tertiary/aromatic N) is 3. The third kappa shape index (κ3) is 3.43. The van der Waals surface area contributed by atoms with Gasteiger partial charge >= 0.3 is 0 Å². The molecule has 6 nitrogen and oxygen atoms in total. The summed E-state index contributed by atoms with van der Waals surface area (Å²) in [6.07, 6.45) is 1.50. The fraction of sp³-hybridized carbons (Fsp3) is 0.348. The first kappa shape index (κ1) is 22.2. The number of benzene rings is 2. The molecule has 1 saturated heterocycles. The number of aromatic nitrogens is 2. The summed E-state index contributed by atoms with van der Waals surface area (Å²) in [5.74, 6) is -2.66. The monoisotopic (exact) mass is 460 g/mol. The standard InChI is InChI=1S/C23H23ClF2N4O2/c1-4-17(31)30-8-13(18-15(25)6-5-11(2)20(18)24)14(9-30)19-16(27)7-12-22(21(19)26)28-10-29(3)23(12)32/h5-7,10,13-14H,4,8-9,27H2,1-3H3/t13-,14?/m1/s1. The van der Waals surface area contributed by atoms with E-state index in [-0.39, 0.29) is 58.2 Å². The lowest BCUT2D eigenvalue weighted by atomic mass is 9.82. The Morgan fingerprint density at radius 2 is 1.91 bits per heavy atom. The maximum atomic E-state index is 15.8. The molecule has 2 atom stereocenters. The molecule has 1 aromatic heterocycles. The summed E-state index contributed by atoms with van der Waals surface area (Å²) >= 11 is 6.48. The summed E-state index contributed by atoms with van der Waals surface area (Å²) in [6, 6.07) is 4.30. The molecule has 1 aliphatic heterocycles. The smallest absolute Gasteiger partial charge is 0.261 e. The van der Waals surface area contributed by atoms with Crippen LogP contribution in [0.2, 0.25) is 5.02 Å². The van der Waals surface area contributed by atoms with Crippen LogP contribution in [0.25, 0.3) is 10.9 Å². The number of halogens is 3. The van der Waals surface area contributed by atoms with E-state index < -0.39 is 29.0 Å². The second-order valence-electron chi connectivity index (χ2n) is 8.21. The second kappa shape index (κ2) is 8.16. The highest BCUT2D eigenvalue weighted by molar-refractivity contribution is 6.32. The van der Waals surface area contributed by atoms with Crippen LogP contribution in [0.5, 0.6) is 0 Å². The van der Waals surface area contributed by atoms with Crippen molar-refractivity contribution in [2.24, 2.45) is 7.05 Å². The molecule has 0 bridgehead atoms. The molecule has 1 fully saturated rings. The van der Waals surface area contributed by atoms with E-state index >= 15 is 4.39 Å². The Morgan fingerprint density at radius 1 is 1.25 bits per heavy atom. The van der Waals surface area contributed by atoms with Crippen molar-refractivity contribution >= 4 is 34.1 Å². The van der Waals surface area contributed by atoms with Crippen LogP contribution in [0, 0.1) is 18.6 Å². The predicted molar refractivity (Wildman–Crippen MR) is 120 cm³/mol. The Bertz CT molecular complexity index is 1310. The normalized spacial score (nSPS) is 18.5. The molecule has 168 valence electrons. The molecule has 0 spiro atoms. The van der Waals surface area contributed by atoms with E-state index in [2.05, 4.69) is 4.98 Å². The summed E-state index contributed by atoms with van der Waals surface area (Å²) in [4.78, 5) is 30.6. The van der Waals surface area contributed by atoms with Gasteiger partial charge in [-0.05, 0) is 24.6 Å². The van der Waals surface area contributed by atoms with Crippen LogP contribution in [-0.2, 0) is 11.8 Å². The average molecular weight is 461 g/mol. The molecule has 1 amide bonds. The van der Waals surface area contributed by atoms with Crippen molar-refractivity contribution in [2.75, 3.05) is 18.8 Å². The van der Waals surface area contributed by atoms with Crippen LogP contribution in [0.15, 0.2) is 29.3 Å². The number of likely N-dealkylation sites (tertiary alicyclic amines) is 1. The molecule has 2 aromatic carbocycles. The number of anilines is 1. The zero-order chi connectivity index (χ0) is 23.3. The van der Waals surface area contributed by atoms with Crippen molar-refractivity contribution in [3.8, 4) is 0 Å². The van der Waals surface area contributed by atoms with E-state index in [9.17, 15) is 14.0 Å². The molecule has 1 aliphatic rings. The summed E-state index contributed by atoms with van der Waals surface area (Å²) < 4.78 is 32.0. The molecule has 1 unspecified atom stereocenters. The second-order valence-corrected chi connectivity index (χ2v) is 8.59. The number of aryl methyl sites for hydroxylation is 2. The lowest BCUT2D eigenvalue weighted by Gasteiger charge is -2.23. The first-order valence-corrected chi connectivity index (χ1v) is 10.7. The Balaban J connectivity index is 1.95. The zero-order valence-electron chi connectivity index (χ0n) is 18.0. The molecule has 2 heterocycles. The maximum Gasteiger partial charge on any atom is 0.261 e. The van der Waals surface area contributed by atoms with Gasteiger partial charge in [0.1, 0.15) is 11.3 Å². The minimum atomic E-state index is -0.734. The molecular formula is C23H23ClF2N4O2. The number of nitrogens with two attached hydrogens (primary N) is 1. The van der Waals surface area contributed by atoms with Crippen LogP contribution in [0.4, 0.5) is 14.5 Å². The van der Waals surface area contributed by atoms with Crippen molar-refractivity contribution in [3.05, 3.63) is 68.2 Å². The summed E-state index contributed by atoms with van der Waals surface area (Å²) in [6.45, 7) is 3.82. The highest BCUT2D eigenvalue weighted by Crippen LogP contribution is 2.46. The fourth-order valence-corrected chi connectivity index (χ4v) is 4.85. The molecule has 3 aromatic rings. The van der Waals surface area contributed by atoms with E-state index in [0.29, 0.717) is 5.56 Å². The van der Waals surface area contributed by atoms with Crippen LogP contribution < -0.4 is 11.3 Å². The van der Waals surface area contributed by atoms with Crippen molar-refractivity contribution in [1.82, 2.24) is 14.5 Å². The summed E-state index contributed by atoms with van der Waals surface area (Å²) in [5.41, 5.74) is 6.80. The topological polar surface area (TPSA) is 81.2 Å². The molecule has 9 heteroatoms. The number of carbonyl (C=O) groups is 1. The number of rotatable bonds is 3. The third-order valence-corrected chi connectivity index (χ3v) is 6.76. The number of amides is 1. The highest BCUT2D eigenvalue weighted by Gasteiger charge is 2.41. The van der Waals surface area contributed by atoms with E-state index in [0.717, 1.165) is 0 Å². The summed E-state index contributed by atoms with van der Waals surface area (Å²) in [7, 11) is 1.51. The lowest BCUT2D eigenvalue weighted by molar-refractivity contribution is -0.129. The van der Waals surface area contributed by atoms with Gasteiger partial charge in [-0.15, -0.1) is 0 Å². The van der Waals surface area contributed by atoms with E-state index in [1.165, 1.54) is 30.1 Å². The maximum absolute atomic E-state index is 15.8. The quantitative estimate of drug-likeness (QED) is 0.601. The van der Waals surface area contributed by atoms with Gasteiger partial charge in [-0.2, -0.15) is 0 Å². The highest BCUT2D eigenvalue weighted by atomic mass is 35.5. The van der Waals surface area contributed by atoms with Gasteiger partial charge < -0.3 is 15.2 Å². The Kier molecular flexibility index (Phi) is 5.67. The largest absolute Gasteiger partial charge is 0.398 e. The van der Waals surface area contributed by atoms with Gasteiger partial charge in [0.2, 0.25) is 5.91 Å². The average Bonchev–Trinajstić information content (AvgIpc) is 3.18. The summed E-state index contributed by atoms with van der Waals surface area (Å²) in [5, 5.41) is 0.308. The Morgan fingerprint density at radius 3 is 2.56 bits per heavy atom. The van der Waals surface area contributed by atoms with Gasteiger partial charge in [-0.3, -0.25) is 9.59 Å².